The first kappa shape index (κ1) is 15.5. The third-order valence-corrected chi connectivity index (χ3v) is 3.63. The fraction of sp³-hybridized carbons (Fsp3) is 0.0556. The lowest BCUT2D eigenvalue weighted by molar-refractivity contribution is 0.100. The summed E-state index contributed by atoms with van der Waals surface area (Å²) in [5.74, 6) is -0.488. The number of para-hydroxylation sites is 1. The summed E-state index contributed by atoms with van der Waals surface area (Å²) in [6.07, 6.45) is 1.52. The van der Waals surface area contributed by atoms with Crippen molar-refractivity contribution in [3.8, 4) is 5.69 Å². The second-order valence-electron chi connectivity index (χ2n) is 5.30. The van der Waals surface area contributed by atoms with Crippen LogP contribution in [0.5, 0.6) is 0 Å². The summed E-state index contributed by atoms with van der Waals surface area (Å²) in [5.41, 5.74) is 8.04. The third-order valence-electron chi connectivity index (χ3n) is 3.63. The molecular formula is C18H16N4O2. The van der Waals surface area contributed by atoms with Crippen LogP contribution in [0.3, 0.4) is 0 Å². The predicted molar refractivity (Wildman–Crippen MR) is 93.3 cm³/mol. The lowest BCUT2D eigenvalue weighted by Crippen LogP contribution is -2.17. The number of amides is 1. The van der Waals surface area contributed by atoms with E-state index >= 15 is 0 Å². The zero-order valence-corrected chi connectivity index (χ0v) is 13.1. The Morgan fingerprint density at radius 2 is 1.79 bits per heavy atom. The van der Waals surface area contributed by atoms with E-state index < -0.39 is 5.91 Å². The van der Waals surface area contributed by atoms with Gasteiger partial charge in [-0.15, -0.1) is 0 Å². The van der Waals surface area contributed by atoms with Crippen LogP contribution in [0.15, 0.2) is 64.4 Å². The van der Waals surface area contributed by atoms with Crippen molar-refractivity contribution < 1.29 is 4.79 Å². The lowest BCUT2D eigenvalue weighted by Gasteiger charge is -1.99. The molecule has 6 heteroatoms. The van der Waals surface area contributed by atoms with Crippen molar-refractivity contribution in [2.24, 2.45) is 10.7 Å². The Hall–Kier alpha value is -3.41. The number of aryl methyl sites for hydroxylation is 1. The Labute approximate surface area is 138 Å². The molecule has 0 bridgehead atoms. The van der Waals surface area contributed by atoms with Crippen LogP contribution in [0.4, 0.5) is 5.69 Å². The molecule has 0 spiro atoms. The number of carbonyl (C=O) groups excluding carboxylic acids is 1. The smallest absolute Gasteiger partial charge is 0.280 e. The van der Waals surface area contributed by atoms with Gasteiger partial charge < -0.3 is 5.73 Å². The standard InChI is InChI=1S/C18H16N4O2/c1-12-16(11-20-14-9-7-13(8-10-14)17(19)23)18(24)22(21-12)15-5-3-2-4-6-15/h2-11,21H,1H3,(H2,19,23). The fourth-order valence-corrected chi connectivity index (χ4v) is 2.32. The largest absolute Gasteiger partial charge is 0.366 e. The molecule has 24 heavy (non-hydrogen) atoms. The van der Waals surface area contributed by atoms with Crippen molar-refractivity contribution in [3.05, 3.63) is 81.8 Å². The number of rotatable bonds is 4. The van der Waals surface area contributed by atoms with E-state index in [-0.39, 0.29) is 5.56 Å². The Morgan fingerprint density at radius 1 is 1.12 bits per heavy atom. The van der Waals surface area contributed by atoms with E-state index in [0.29, 0.717) is 16.8 Å². The molecule has 120 valence electrons. The van der Waals surface area contributed by atoms with Crippen molar-refractivity contribution in [1.82, 2.24) is 9.78 Å². The van der Waals surface area contributed by atoms with Gasteiger partial charge in [0.15, 0.2) is 0 Å². The van der Waals surface area contributed by atoms with Crippen LogP contribution in [0.2, 0.25) is 0 Å². The van der Waals surface area contributed by atoms with Crippen LogP contribution < -0.4 is 11.3 Å². The molecule has 0 aliphatic rings. The van der Waals surface area contributed by atoms with Gasteiger partial charge in [-0.3, -0.25) is 19.7 Å². The summed E-state index contributed by atoms with van der Waals surface area (Å²) in [7, 11) is 0. The normalized spacial score (nSPS) is 11.0. The van der Waals surface area contributed by atoms with E-state index in [2.05, 4.69) is 10.1 Å². The SMILES string of the molecule is Cc1[nH]n(-c2ccccc2)c(=O)c1C=Nc1ccc(C(N)=O)cc1. The molecule has 0 radical (unpaired) electrons. The Kier molecular flexibility index (Phi) is 4.11. The van der Waals surface area contributed by atoms with E-state index in [4.69, 9.17) is 5.73 Å². The monoisotopic (exact) mass is 320 g/mol. The summed E-state index contributed by atoms with van der Waals surface area (Å²) in [6.45, 7) is 1.82. The summed E-state index contributed by atoms with van der Waals surface area (Å²) < 4.78 is 1.48. The summed E-state index contributed by atoms with van der Waals surface area (Å²) in [4.78, 5) is 27.9. The quantitative estimate of drug-likeness (QED) is 0.722. The van der Waals surface area contributed by atoms with Gasteiger partial charge in [-0.1, -0.05) is 18.2 Å². The van der Waals surface area contributed by atoms with Crippen molar-refractivity contribution in [3.63, 3.8) is 0 Å². The molecular weight excluding hydrogens is 304 g/mol. The number of carbonyl (C=O) groups is 1. The third kappa shape index (κ3) is 3.03. The average Bonchev–Trinajstić information content (AvgIpc) is 2.88. The first-order chi connectivity index (χ1) is 11.6. The van der Waals surface area contributed by atoms with Crippen molar-refractivity contribution in [2.45, 2.75) is 6.92 Å². The number of nitrogens with zero attached hydrogens (tertiary/aromatic N) is 2. The summed E-state index contributed by atoms with van der Waals surface area (Å²) >= 11 is 0. The highest BCUT2D eigenvalue weighted by Crippen LogP contribution is 2.13. The van der Waals surface area contributed by atoms with Gasteiger partial charge in [0, 0.05) is 17.5 Å². The Balaban J connectivity index is 1.92. The molecule has 1 amide bonds. The molecule has 3 rings (SSSR count). The van der Waals surface area contributed by atoms with Gasteiger partial charge in [0.2, 0.25) is 5.91 Å². The Morgan fingerprint density at radius 3 is 2.42 bits per heavy atom. The van der Waals surface area contributed by atoms with Crippen LogP contribution in [0.25, 0.3) is 5.69 Å². The number of aliphatic imine (C=N–C) groups is 1. The van der Waals surface area contributed by atoms with Gasteiger partial charge >= 0.3 is 0 Å². The minimum Gasteiger partial charge on any atom is -0.366 e. The molecule has 3 N–H and O–H groups in total. The Bertz CT molecular complexity index is 951. The maximum atomic E-state index is 12.5. The highest BCUT2D eigenvalue weighted by molar-refractivity contribution is 5.93. The number of hydrogen-bond acceptors (Lipinski definition) is 3. The van der Waals surface area contributed by atoms with E-state index in [9.17, 15) is 9.59 Å². The van der Waals surface area contributed by atoms with Crippen LogP contribution in [-0.2, 0) is 0 Å². The molecule has 2 aromatic carbocycles. The van der Waals surface area contributed by atoms with Gasteiger partial charge in [0.05, 0.1) is 16.9 Å². The lowest BCUT2D eigenvalue weighted by atomic mass is 10.2. The van der Waals surface area contributed by atoms with E-state index in [1.807, 2.05) is 37.3 Å². The average molecular weight is 320 g/mol. The predicted octanol–water partition coefficient (Wildman–Crippen LogP) is 2.32. The number of hydrogen-bond donors (Lipinski definition) is 2. The van der Waals surface area contributed by atoms with Gasteiger partial charge in [-0.05, 0) is 43.3 Å². The number of aromatic nitrogens is 2. The molecule has 0 unspecified atom stereocenters. The minimum absolute atomic E-state index is 0.170. The van der Waals surface area contributed by atoms with Gasteiger partial charge in [0.1, 0.15) is 0 Å². The highest BCUT2D eigenvalue weighted by atomic mass is 16.1. The zero-order valence-electron chi connectivity index (χ0n) is 13.1. The van der Waals surface area contributed by atoms with E-state index in [0.717, 1.165) is 11.4 Å². The zero-order chi connectivity index (χ0) is 17.1. The highest BCUT2D eigenvalue weighted by Gasteiger charge is 2.10. The molecule has 1 heterocycles. The van der Waals surface area contributed by atoms with Gasteiger partial charge in [0.25, 0.3) is 5.56 Å². The molecule has 0 fully saturated rings. The van der Waals surface area contributed by atoms with Crippen LogP contribution in [-0.4, -0.2) is 21.9 Å². The minimum atomic E-state index is -0.488. The number of nitrogens with two attached hydrogens (primary N) is 1. The molecule has 0 aliphatic heterocycles. The van der Waals surface area contributed by atoms with Crippen LogP contribution >= 0.6 is 0 Å². The van der Waals surface area contributed by atoms with E-state index in [1.165, 1.54) is 10.9 Å². The molecule has 0 aliphatic carbocycles. The number of primary amides is 1. The first-order valence-electron chi connectivity index (χ1n) is 7.37. The first-order valence-corrected chi connectivity index (χ1v) is 7.37. The maximum absolute atomic E-state index is 12.5. The fourth-order valence-electron chi connectivity index (χ4n) is 2.32. The molecule has 1 aromatic heterocycles. The van der Waals surface area contributed by atoms with Crippen LogP contribution in [0, 0.1) is 6.92 Å². The number of aromatic amines is 1. The van der Waals surface area contributed by atoms with E-state index in [1.54, 1.807) is 24.3 Å². The second kappa shape index (κ2) is 6.37. The number of benzene rings is 2. The molecule has 6 nitrogen and oxygen atoms in total. The molecule has 0 saturated heterocycles. The second-order valence-corrected chi connectivity index (χ2v) is 5.30. The molecule has 0 atom stereocenters. The number of nitrogens with one attached hydrogen (secondary N) is 1. The summed E-state index contributed by atoms with van der Waals surface area (Å²) in [6, 6.07) is 15.9. The molecule has 3 aromatic rings. The van der Waals surface area contributed by atoms with Crippen molar-refractivity contribution in [1.29, 1.82) is 0 Å². The van der Waals surface area contributed by atoms with Gasteiger partial charge in [-0.2, -0.15) is 0 Å². The van der Waals surface area contributed by atoms with Gasteiger partial charge in [-0.25, -0.2) is 4.68 Å². The maximum Gasteiger partial charge on any atom is 0.280 e. The topological polar surface area (TPSA) is 93.2 Å². The molecule has 0 saturated carbocycles. The summed E-state index contributed by atoms with van der Waals surface area (Å²) in [5, 5.41) is 3.04. The van der Waals surface area contributed by atoms with Crippen molar-refractivity contribution in [2.75, 3.05) is 0 Å². The number of H-pyrrole nitrogens is 1. The van der Waals surface area contributed by atoms with Crippen LogP contribution in [0.1, 0.15) is 21.6 Å². The van der Waals surface area contributed by atoms with Crippen molar-refractivity contribution >= 4 is 17.8 Å².